The molecule has 2 aromatic heterocycles. The first-order valence-electron chi connectivity index (χ1n) is 16.3. The summed E-state index contributed by atoms with van der Waals surface area (Å²) < 4.78 is 13.7. The minimum atomic E-state index is 0.279. The summed E-state index contributed by atoms with van der Waals surface area (Å²) in [7, 11) is 0. The van der Waals surface area contributed by atoms with E-state index in [0.717, 1.165) is 30.7 Å². The van der Waals surface area contributed by atoms with E-state index >= 15 is 0 Å². The van der Waals surface area contributed by atoms with Crippen molar-refractivity contribution in [2.24, 2.45) is 0 Å². The zero-order chi connectivity index (χ0) is 30.8. The Hall–Kier alpha value is -4.49. The highest BCUT2D eigenvalue weighted by Gasteiger charge is 2.19. The Bertz CT molecular complexity index is 1790. The summed E-state index contributed by atoms with van der Waals surface area (Å²) in [6, 6.07) is 32.6. The first kappa shape index (κ1) is 30.5. The second kappa shape index (κ2) is 15.0. The van der Waals surface area contributed by atoms with E-state index < -0.39 is 0 Å². The molecule has 1 atom stereocenters. The van der Waals surface area contributed by atoms with Crippen molar-refractivity contribution in [3.8, 4) is 17.0 Å². The summed E-state index contributed by atoms with van der Waals surface area (Å²) >= 11 is 0. The first-order chi connectivity index (χ1) is 22.2. The fourth-order valence-electron chi connectivity index (χ4n) is 6.19. The van der Waals surface area contributed by atoms with Crippen LogP contribution in [0.3, 0.4) is 0 Å². The highest BCUT2D eigenvalue weighted by molar-refractivity contribution is 5.95. The van der Waals surface area contributed by atoms with Crippen LogP contribution < -0.4 is 4.74 Å². The molecule has 4 aromatic carbocycles. The molecule has 0 amide bonds. The average Bonchev–Trinajstić information content (AvgIpc) is 3.71. The number of benzene rings is 4. The average molecular weight is 602 g/mol. The van der Waals surface area contributed by atoms with E-state index in [0.29, 0.717) is 11.9 Å². The summed E-state index contributed by atoms with van der Waals surface area (Å²) in [5.41, 5.74) is 6.62. The lowest BCUT2D eigenvalue weighted by atomic mass is 9.98. The number of H-pyrrole nitrogens is 1. The predicted molar refractivity (Wildman–Crippen MR) is 181 cm³/mol. The third-order valence-corrected chi connectivity index (χ3v) is 8.54. The number of tetrazole rings is 1. The van der Waals surface area contributed by atoms with E-state index in [1.54, 1.807) is 0 Å². The molecule has 0 saturated carbocycles. The van der Waals surface area contributed by atoms with Crippen molar-refractivity contribution in [1.82, 2.24) is 25.2 Å². The van der Waals surface area contributed by atoms with Crippen LogP contribution in [0.1, 0.15) is 69.3 Å². The Morgan fingerprint density at radius 2 is 1.73 bits per heavy atom. The SMILES string of the molecule is CC1CCCCO1.CCCCCc1c(-c2ccc3cc(OCc4nn[nH]n4)ccc3c2)n(Cc2ccccc2)c2ccccc12. The Kier molecular flexibility index (Phi) is 10.2. The molecule has 1 fully saturated rings. The van der Waals surface area contributed by atoms with E-state index in [4.69, 9.17) is 9.47 Å². The molecule has 1 saturated heterocycles. The number of hydrogen-bond donors (Lipinski definition) is 1. The van der Waals surface area contributed by atoms with Gasteiger partial charge in [0.05, 0.1) is 11.8 Å². The molecule has 232 valence electrons. The van der Waals surface area contributed by atoms with E-state index in [2.05, 4.69) is 124 Å². The van der Waals surface area contributed by atoms with Gasteiger partial charge in [-0.1, -0.05) is 91.7 Å². The van der Waals surface area contributed by atoms with Gasteiger partial charge in [-0.3, -0.25) is 0 Å². The van der Waals surface area contributed by atoms with Gasteiger partial charge in [0.2, 0.25) is 5.82 Å². The number of aromatic amines is 1. The molecule has 0 aliphatic carbocycles. The number of nitrogens with zero attached hydrogens (tertiary/aromatic N) is 4. The minimum absolute atomic E-state index is 0.279. The van der Waals surface area contributed by atoms with Crippen LogP contribution in [0, 0.1) is 0 Å². The molecule has 0 radical (unpaired) electrons. The van der Waals surface area contributed by atoms with Crippen molar-refractivity contribution in [2.45, 2.75) is 78.0 Å². The molecule has 7 nitrogen and oxygen atoms in total. The Balaban J connectivity index is 0.000000452. The van der Waals surface area contributed by atoms with Crippen LogP contribution in [0.15, 0.2) is 91.0 Å². The number of aryl methyl sites for hydroxylation is 1. The molecule has 45 heavy (non-hydrogen) atoms. The van der Waals surface area contributed by atoms with Crippen LogP contribution in [-0.2, 0) is 24.3 Å². The maximum Gasteiger partial charge on any atom is 0.211 e. The fourth-order valence-corrected chi connectivity index (χ4v) is 6.19. The summed E-state index contributed by atoms with van der Waals surface area (Å²) in [5.74, 6) is 1.32. The van der Waals surface area contributed by atoms with E-state index in [-0.39, 0.29) is 6.61 Å². The molecule has 7 rings (SSSR count). The number of fused-ring (bicyclic) bond motifs is 2. The standard InChI is InChI=1S/C32H31N5O.C6H12O/c1-2-3-5-13-29-28-12-8-9-14-30(28)37(21-23-10-6-4-7-11-23)32(29)26-16-15-25-20-27(18-17-24(25)19-26)38-22-31-33-35-36-34-31;1-6-4-2-3-5-7-6/h4,6-12,14-20H,2-3,5,13,21-22H2,1H3,(H,33,34,35,36);6H,2-5H2,1H3. The molecule has 1 N–H and O–H groups in total. The lowest BCUT2D eigenvalue weighted by Gasteiger charge is -2.17. The Morgan fingerprint density at radius 3 is 2.49 bits per heavy atom. The largest absolute Gasteiger partial charge is 0.485 e. The van der Waals surface area contributed by atoms with Crippen LogP contribution >= 0.6 is 0 Å². The summed E-state index contributed by atoms with van der Waals surface area (Å²) in [4.78, 5) is 0. The smallest absolute Gasteiger partial charge is 0.211 e. The highest BCUT2D eigenvalue weighted by Crippen LogP contribution is 2.37. The number of para-hydroxylation sites is 1. The number of ether oxygens (including phenoxy) is 2. The lowest BCUT2D eigenvalue weighted by molar-refractivity contribution is 0.0285. The third kappa shape index (κ3) is 7.60. The summed E-state index contributed by atoms with van der Waals surface area (Å²) in [6.45, 7) is 6.51. The van der Waals surface area contributed by atoms with Gasteiger partial charge in [0, 0.05) is 24.1 Å². The maximum atomic E-state index is 5.88. The van der Waals surface area contributed by atoms with Crippen molar-refractivity contribution in [1.29, 1.82) is 0 Å². The van der Waals surface area contributed by atoms with Gasteiger partial charge in [0.1, 0.15) is 5.75 Å². The number of rotatable bonds is 10. The van der Waals surface area contributed by atoms with Gasteiger partial charge >= 0.3 is 0 Å². The van der Waals surface area contributed by atoms with Crippen molar-refractivity contribution >= 4 is 21.7 Å². The lowest BCUT2D eigenvalue weighted by Crippen LogP contribution is -2.14. The molecule has 1 aliphatic rings. The zero-order valence-corrected chi connectivity index (χ0v) is 26.4. The molecule has 1 unspecified atom stereocenters. The molecular weight excluding hydrogens is 558 g/mol. The topological polar surface area (TPSA) is 77.8 Å². The Morgan fingerprint density at radius 1 is 0.911 bits per heavy atom. The first-order valence-corrected chi connectivity index (χ1v) is 16.3. The van der Waals surface area contributed by atoms with Crippen LogP contribution in [-0.4, -0.2) is 37.9 Å². The normalized spacial score (nSPS) is 14.8. The number of hydrogen-bond acceptors (Lipinski definition) is 5. The number of nitrogens with one attached hydrogen (secondary N) is 1. The quantitative estimate of drug-likeness (QED) is 0.159. The molecule has 3 heterocycles. The fraction of sp³-hybridized carbons (Fsp3) is 0.342. The molecular formula is C38H43N5O2. The second-order valence-electron chi connectivity index (χ2n) is 11.9. The van der Waals surface area contributed by atoms with Gasteiger partial charge < -0.3 is 14.0 Å². The van der Waals surface area contributed by atoms with Crippen molar-refractivity contribution in [3.63, 3.8) is 0 Å². The second-order valence-corrected chi connectivity index (χ2v) is 11.9. The van der Waals surface area contributed by atoms with Gasteiger partial charge in [-0.2, -0.15) is 5.21 Å². The van der Waals surface area contributed by atoms with Gasteiger partial charge in [0.25, 0.3) is 0 Å². The maximum absolute atomic E-state index is 5.88. The van der Waals surface area contributed by atoms with Crippen LogP contribution in [0.5, 0.6) is 5.75 Å². The number of unbranched alkanes of at least 4 members (excludes halogenated alkanes) is 2. The monoisotopic (exact) mass is 601 g/mol. The van der Waals surface area contributed by atoms with Crippen LogP contribution in [0.4, 0.5) is 0 Å². The molecule has 7 heteroatoms. The van der Waals surface area contributed by atoms with E-state index in [1.807, 2.05) is 6.07 Å². The van der Waals surface area contributed by atoms with Gasteiger partial charge in [-0.25, -0.2) is 0 Å². The predicted octanol–water partition coefficient (Wildman–Crippen LogP) is 8.91. The van der Waals surface area contributed by atoms with Crippen molar-refractivity contribution in [2.75, 3.05) is 6.61 Å². The minimum Gasteiger partial charge on any atom is -0.485 e. The van der Waals surface area contributed by atoms with Crippen LogP contribution in [0.2, 0.25) is 0 Å². The van der Waals surface area contributed by atoms with Gasteiger partial charge in [0.15, 0.2) is 6.61 Å². The summed E-state index contributed by atoms with van der Waals surface area (Å²) in [5, 5.41) is 17.6. The van der Waals surface area contributed by atoms with Crippen molar-refractivity contribution in [3.05, 3.63) is 108 Å². The third-order valence-electron chi connectivity index (χ3n) is 8.54. The summed E-state index contributed by atoms with van der Waals surface area (Å²) in [6.07, 6.45) is 9.15. The molecule has 0 spiro atoms. The molecule has 6 aromatic rings. The van der Waals surface area contributed by atoms with E-state index in [1.165, 1.54) is 77.2 Å². The van der Waals surface area contributed by atoms with Gasteiger partial charge in [-0.05, 0) is 90.8 Å². The van der Waals surface area contributed by atoms with Crippen molar-refractivity contribution < 1.29 is 9.47 Å². The Labute approximate surface area is 265 Å². The number of aromatic nitrogens is 5. The van der Waals surface area contributed by atoms with Gasteiger partial charge in [-0.15, -0.1) is 10.2 Å². The molecule has 1 aliphatic heterocycles. The molecule has 0 bridgehead atoms. The van der Waals surface area contributed by atoms with Crippen LogP contribution in [0.25, 0.3) is 32.9 Å². The zero-order valence-electron chi connectivity index (χ0n) is 26.4. The highest BCUT2D eigenvalue weighted by atomic mass is 16.5. The van der Waals surface area contributed by atoms with E-state index in [9.17, 15) is 0 Å².